The van der Waals surface area contributed by atoms with E-state index in [9.17, 15) is 9.59 Å². The maximum Gasteiger partial charge on any atom is 0.347 e. The van der Waals surface area contributed by atoms with Crippen LogP contribution in [0, 0.1) is 5.92 Å². The normalized spacial score (nSPS) is 18.1. The highest BCUT2D eigenvalue weighted by Gasteiger charge is 2.43. The molecule has 2 atom stereocenters. The molecule has 1 aromatic heterocycles. The molecule has 27 heavy (non-hydrogen) atoms. The molecular weight excluding hydrogens is 362 g/mol. The Hall–Kier alpha value is -2.92. The van der Waals surface area contributed by atoms with E-state index >= 15 is 0 Å². The van der Waals surface area contributed by atoms with Gasteiger partial charge in [-0.25, -0.2) is 9.78 Å². The van der Waals surface area contributed by atoms with Gasteiger partial charge in [0.05, 0.1) is 6.54 Å². The van der Waals surface area contributed by atoms with Crippen LogP contribution in [-0.4, -0.2) is 15.5 Å². The lowest BCUT2D eigenvalue weighted by molar-refractivity contribution is -0.117. The number of nitrogens with zero attached hydrogens (tertiary/aromatic N) is 2. The van der Waals surface area contributed by atoms with Crippen LogP contribution in [0.2, 0.25) is 5.02 Å². The smallest absolute Gasteiger partial charge is 0.326 e. The molecule has 0 spiro atoms. The summed E-state index contributed by atoms with van der Waals surface area (Å²) in [6.07, 6.45) is 4.00. The fraction of sp³-hybridized carbons (Fsp3) is 0.190. The molecule has 1 saturated carbocycles. The molecule has 2 aromatic carbocycles. The average Bonchev–Trinajstić information content (AvgIpc) is 3.45. The fourth-order valence-electron chi connectivity index (χ4n) is 3.28. The average molecular weight is 380 g/mol. The number of rotatable bonds is 5. The van der Waals surface area contributed by atoms with Crippen molar-refractivity contribution in [1.82, 2.24) is 9.55 Å². The van der Waals surface area contributed by atoms with Crippen molar-refractivity contribution in [2.75, 3.05) is 5.32 Å². The van der Waals surface area contributed by atoms with Gasteiger partial charge in [0.1, 0.15) is 0 Å². The molecule has 0 bridgehead atoms. The van der Waals surface area contributed by atoms with Gasteiger partial charge in [0.2, 0.25) is 5.91 Å². The van der Waals surface area contributed by atoms with Crippen LogP contribution in [0.4, 0.5) is 5.69 Å². The molecule has 1 aliphatic carbocycles. The first-order valence-electron chi connectivity index (χ1n) is 8.77. The quantitative estimate of drug-likeness (QED) is 0.735. The third-order valence-corrected chi connectivity index (χ3v) is 4.97. The molecule has 0 saturated heterocycles. The fourth-order valence-corrected chi connectivity index (χ4v) is 3.48. The summed E-state index contributed by atoms with van der Waals surface area (Å²) in [4.78, 5) is 28.1. The summed E-state index contributed by atoms with van der Waals surface area (Å²) in [6, 6.07) is 16.9. The number of anilines is 1. The summed E-state index contributed by atoms with van der Waals surface area (Å²) in [6.45, 7) is 0.408. The second-order valence-electron chi connectivity index (χ2n) is 6.72. The van der Waals surface area contributed by atoms with Crippen LogP contribution in [-0.2, 0) is 11.3 Å². The van der Waals surface area contributed by atoms with Crippen molar-refractivity contribution in [3.63, 3.8) is 0 Å². The van der Waals surface area contributed by atoms with Gasteiger partial charge in [-0.05, 0) is 53.8 Å². The molecule has 1 N–H and O–H groups in total. The molecule has 0 unspecified atom stereocenters. The summed E-state index contributed by atoms with van der Waals surface area (Å²) < 4.78 is 1.52. The van der Waals surface area contributed by atoms with E-state index in [4.69, 9.17) is 11.6 Å². The lowest BCUT2D eigenvalue weighted by Gasteiger charge is -2.09. The van der Waals surface area contributed by atoms with E-state index < -0.39 is 0 Å². The van der Waals surface area contributed by atoms with Crippen LogP contribution in [0.3, 0.4) is 0 Å². The van der Waals surface area contributed by atoms with E-state index in [0.717, 1.165) is 23.2 Å². The number of benzene rings is 2. The zero-order valence-corrected chi connectivity index (χ0v) is 15.3. The van der Waals surface area contributed by atoms with Crippen LogP contribution in [0.15, 0.2) is 71.8 Å². The molecule has 1 aliphatic rings. The van der Waals surface area contributed by atoms with Gasteiger partial charge >= 0.3 is 5.69 Å². The maximum absolute atomic E-state index is 12.6. The minimum Gasteiger partial charge on any atom is -0.326 e. The lowest BCUT2D eigenvalue weighted by atomic mass is 10.1. The molecule has 1 fully saturated rings. The topological polar surface area (TPSA) is 64.0 Å². The summed E-state index contributed by atoms with van der Waals surface area (Å²) in [5, 5.41) is 3.68. The van der Waals surface area contributed by atoms with Crippen molar-refractivity contribution in [3.8, 4) is 0 Å². The van der Waals surface area contributed by atoms with Gasteiger partial charge < -0.3 is 5.32 Å². The third-order valence-electron chi connectivity index (χ3n) is 4.73. The van der Waals surface area contributed by atoms with Gasteiger partial charge in [-0.1, -0.05) is 35.9 Å². The highest BCUT2D eigenvalue weighted by atomic mass is 35.5. The minimum atomic E-state index is -0.297. The number of amides is 1. The molecular formula is C21H18ClN3O2. The third kappa shape index (κ3) is 4.09. The highest BCUT2D eigenvalue weighted by Crippen LogP contribution is 2.48. The van der Waals surface area contributed by atoms with E-state index in [1.54, 1.807) is 12.3 Å². The lowest BCUT2D eigenvalue weighted by Crippen LogP contribution is -2.22. The SMILES string of the molecule is O=C(Nc1cccc(Cn2cccnc2=O)c1)[C@H]1C[C@H]1c1cccc(Cl)c1. The van der Waals surface area contributed by atoms with Crippen LogP contribution < -0.4 is 11.0 Å². The Labute approximate surface area is 161 Å². The Morgan fingerprint density at radius 2 is 2.04 bits per heavy atom. The zero-order valence-electron chi connectivity index (χ0n) is 14.5. The van der Waals surface area contributed by atoms with Gasteiger partial charge in [-0.2, -0.15) is 0 Å². The van der Waals surface area contributed by atoms with Gasteiger partial charge in [-0.15, -0.1) is 0 Å². The number of halogens is 1. The molecule has 4 rings (SSSR count). The Morgan fingerprint density at radius 3 is 2.85 bits per heavy atom. The first kappa shape index (κ1) is 17.5. The van der Waals surface area contributed by atoms with E-state index in [1.165, 1.54) is 10.8 Å². The van der Waals surface area contributed by atoms with Crippen molar-refractivity contribution in [2.45, 2.75) is 18.9 Å². The summed E-state index contributed by atoms with van der Waals surface area (Å²) in [5.41, 5.74) is 2.46. The Balaban J connectivity index is 1.42. The summed E-state index contributed by atoms with van der Waals surface area (Å²) in [7, 11) is 0. The van der Waals surface area contributed by atoms with Crippen LogP contribution in [0.25, 0.3) is 0 Å². The van der Waals surface area contributed by atoms with E-state index in [0.29, 0.717) is 11.6 Å². The highest BCUT2D eigenvalue weighted by molar-refractivity contribution is 6.30. The molecule has 3 aromatic rings. The van der Waals surface area contributed by atoms with Gasteiger partial charge in [0, 0.05) is 29.0 Å². The number of nitrogens with one attached hydrogen (secondary N) is 1. The van der Waals surface area contributed by atoms with Crippen molar-refractivity contribution < 1.29 is 4.79 Å². The molecule has 0 radical (unpaired) electrons. The summed E-state index contributed by atoms with van der Waals surface area (Å²) in [5.74, 6) is 0.199. The van der Waals surface area contributed by atoms with E-state index in [1.807, 2.05) is 48.5 Å². The van der Waals surface area contributed by atoms with Crippen molar-refractivity contribution >= 4 is 23.2 Å². The number of hydrogen-bond donors (Lipinski definition) is 1. The molecule has 5 nitrogen and oxygen atoms in total. The van der Waals surface area contributed by atoms with Crippen LogP contribution >= 0.6 is 11.6 Å². The predicted octanol–water partition coefficient (Wildman–Crippen LogP) is 3.69. The van der Waals surface area contributed by atoms with Crippen molar-refractivity contribution in [1.29, 1.82) is 0 Å². The predicted molar refractivity (Wildman–Crippen MR) is 105 cm³/mol. The van der Waals surface area contributed by atoms with Gasteiger partial charge in [-0.3, -0.25) is 9.36 Å². The molecule has 1 heterocycles. The molecule has 0 aliphatic heterocycles. The van der Waals surface area contributed by atoms with Gasteiger partial charge in [0.15, 0.2) is 0 Å². The van der Waals surface area contributed by atoms with Crippen molar-refractivity contribution in [2.24, 2.45) is 5.92 Å². The zero-order chi connectivity index (χ0) is 18.8. The number of aromatic nitrogens is 2. The van der Waals surface area contributed by atoms with E-state index in [2.05, 4.69) is 10.3 Å². The van der Waals surface area contributed by atoms with E-state index in [-0.39, 0.29) is 23.4 Å². The Morgan fingerprint density at radius 1 is 1.19 bits per heavy atom. The molecule has 136 valence electrons. The van der Waals surface area contributed by atoms with Crippen LogP contribution in [0.1, 0.15) is 23.5 Å². The first-order valence-corrected chi connectivity index (χ1v) is 9.15. The summed E-state index contributed by atoms with van der Waals surface area (Å²) >= 11 is 6.04. The first-order chi connectivity index (χ1) is 13.1. The second kappa shape index (κ2) is 7.37. The maximum atomic E-state index is 12.6. The largest absolute Gasteiger partial charge is 0.347 e. The number of carbonyl (C=O) groups is 1. The van der Waals surface area contributed by atoms with Crippen molar-refractivity contribution in [3.05, 3.63) is 93.6 Å². The Kier molecular flexibility index (Phi) is 4.77. The van der Waals surface area contributed by atoms with Crippen LogP contribution in [0.5, 0.6) is 0 Å². The minimum absolute atomic E-state index is 0.00988. The Bertz CT molecular complexity index is 1050. The monoisotopic (exact) mass is 379 g/mol. The molecule has 6 heteroatoms. The number of hydrogen-bond acceptors (Lipinski definition) is 3. The van der Waals surface area contributed by atoms with Gasteiger partial charge in [0.25, 0.3) is 0 Å². The standard InChI is InChI=1S/C21H18ClN3O2/c22-16-6-2-5-15(11-16)18-12-19(18)20(26)24-17-7-1-4-14(10-17)13-25-9-3-8-23-21(25)27/h1-11,18-19H,12-13H2,(H,24,26)/t18-,19-/m0/s1. The molecule has 1 amide bonds. The number of carbonyl (C=O) groups excluding carboxylic acids is 1. The second-order valence-corrected chi connectivity index (χ2v) is 7.16.